The van der Waals surface area contributed by atoms with E-state index in [-0.39, 0.29) is 11.5 Å². The van der Waals surface area contributed by atoms with Crippen molar-refractivity contribution in [2.24, 2.45) is 0 Å². The molecule has 2 amide bonds. The highest BCUT2D eigenvalue weighted by atomic mass is 35.5. The molecule has 1 atom stereocenters. The number of Topliss-reactive ketones (excluding diaryl/α,β-unsaturated/α-hetero) is 1. The molecule has 5 nitrogen and oxygen atoms in total. The second-order valence-corrected chi connectivity index (χ2v) is 5.50. The summed E-state index contributed by atoms with van der Waals surface area (Å²) in [4.78, 5) is 37.6. The number of benzene rings is 1. The fourth-order valence-electron chi connectivity index (χ4n) is 2.27. The van der Waals surface area contributed by atoms with E-state index < -0.39 is 17.7 Å². The minimum Gasteiger partial charge on any atom is -0.341 e. The van der Waals surface area contributed by atoms with Crippen molar-refractivity contribution in [1.29, 1.82) is 0 Å². The second kappa shape index (κ2) is 6.72. The molecule has 1 aliphatic heterocycles. The number of carbonyl (C=O) groups is 3. The highest BCUT2D eigenvalue weighted by molar-refractivity contribution is 6.43. The molecule has 0 spiro atoms. The fourth-order valence-corrected chi connectivity index (χ4v) is 2.39. The van der Waals surface area contributed by atoms with Crippen molar-refractivity contribution in [1.82, 2.24) is 10.2 Å². The van der Waals surface area contributed by atoms with E-state index in [9.17, 15) is 14.4 Å². The number of halogens is 1. The molecule has 2 rings (SSSR count). The Bertz CT molecular complexity index is 551. The molecule has 112 valence electrons. The maximum absolute atomic E-state index is 12.1. The Morgan fingerprint density at radius 2 is 1.71 bits per heavy atom. The second-order valence-electron chi connectivity index (χ2n) is 5.06. The molecule has 0 saturated carbocycles. The third-order valence-electron chi connectivity index (χ3n) is 3.45. The van der Waals surface area contributed by atoms with Crippen molar-refractivity contribution >= 4 is 29.2 Å². The molecule has 0 aromatic heterocycles. The van der Waals surface area contributed by atoms with Crippen LogP contribution in [0.5, 0.6) is 0 Å². The Hall–Kier alpha value is -1.88. The van der Waals surface area contributed by atoms with Gasteiger partial charge in [0.15, 0.2) is 0 Å². The van der Waals surface area contributed by atoms with Gasteiger partial charge in [-0.2, -0.15) is 0 Å². The van der Waals surface area contributed by atoms with Gasteiger partial charge >= 0.3 is 0 Å². The molecule has 1 N–H and O–H groups in total. The van der Waals surface area contributed by atoms with E-state index >= 15 is 0 Å². The molecule has 0 radical (unpaired) electrons. The molecule has 1 heterocycles. The lowest BCUT2D eigenvalue weighted by molar-refractivity contribution is -0.134. The van der Waals surface area contributed by atoms with Gasteiger partial charge in [0, 0.05) is 23.7 Å². The number of nitrogens with zero attached hydrogens (tertiary/aromatic N) is 1. The number of nitrogens with one attached hydrogen (secondary N) is 1. The van der Waals surface area contributed by atoms with Crippen LogP contribution >= 0.6 is 11.6 Å². The maximum Gasteiger partial charge on any atom is 0.293 e. The first-order chi connectivity index (χ1) is 9.99. The number of rotatable bonds is 4. The molecular formula is C15H17ClN2O3. The monoisotopic (exact) mass is 308 g/mol. The summed E-state index contributed by atoms with van der Waals surface area (Å²) in [6.45, 7) is 3.02. The summed E-state index contributed by atoms with van der Waals surface area (Å²) in [5.41, 5.74) is 0.248. The Morgan fingerprint density at radius 1 is 1.14 bits per heavy atom. The highest BCUT2D eigenvalue weighted by Gasteiger charge is 2.26. The molecule has 0 bridgehead atoms. The Kier molecular flexibility index (Phi) is 4.96. The molecule has 1 aliphatic rings. The Balaban J connectivity index is 1.95. The van der Waals surface area contributed by atoms with Crippen molar-refractivity contribution in [3.05, 3.63) is 34.9 Å². The van der Waals surface area contributed by atoms with Gasteiger partial charge in [0.1, 0.15) is 6.04 Å². The first kappa shape index (κ1) is 15.5. The van der Waals surface area contributed by atoms with E-state index in [1.807, 2.05) is 0 Å². The molecule has 1 unspecified atom stereocenters. The van der Waals surface area contributed by atoms with Crippen LogP contribution in [-0.4, -0.2) is 41.6 Å². The van der Waals surface area contributed by atoms with Crippen molar-refractivity contribution in [2.75, 3.05) is 13.1 Å². The van der Waals surface area contributed by atoms with Crippen molar-refractivity contribution in [2.45, 2.75) is 25.8 Å². The molecule has 6 heteroatoms. The minimum atomic E-state index is -0.780. The first-order valence-corrected chi connectivity index (χ1v) is 7.26. The number of hydrogen-bond donors (Lipinski definition) is 1. The van der Waals surface area contributed by atoms with Crippen LogP contribution in [0, 0.1) is 0 Å². The van der Waals surface area contributed by atoms with Crippen LogP contribution in [0.3, 0.4) is 0 Å². The summed E-state index contributed by atoms with van der Waals surface area (Å²) < 4.78 is 0. The van der Waals surface area contributed by atoms with Gasteiger partial charge in [-0.1, -0.05) is 11.6 Å². The summed E-state index contributed by atoms with van der Waals surface area (Å²) in [5.74, 6) is -1.60. The van der Waals surface area contributed by atoms with Crippen LogP contribution in [0.15, 0.2) is 24.3 Å². The largest absolute Gasteiger partial charge is 0.341 e. The molecular weight excluding hydrogens is 292 g/mol. The summed E-state index contributed by atoms with van der Waals surface area (Å²) in [7, 11) is 0. The SMILES string of the molecule is CC(NC(=O)C(=O)c1ccc(Cl)cc1)C(=O)N1CCCC1. The summed E-state index contributed by atoms with van der Waals surface area (Å²) in [6, 6.07) is 5.35. The van der Waals surface area contributed by atoms with E-state index in [0.717, 1.165) is 12.8 Å². The van der Waals surface area contributed by atoms with E-state index in [4.69, 9.17) is 11.6 Å². The predicted molar refractivity (Wildman–Crippen MR) is 79.2 cm³/mol. The average molecular weight is 309 g/mol. The van der Waals surface area contributed by atoms with Gasteiger partial charge in [0.25, 0.3) is 5.91 Å². The summed E-state index contributed by atoms with van der Waals surface area (Å²) in [6.07, 6.45) is 1.96. The standard InChI is InChI=1S/C15H17ClN2O3/c1-10(15(21)18-8-2-3-9-18)17-14(20)13(19)11-4-6-12(16)7-5-11/h4-7,10H,2-3,8-9H2,1H3,(H,17,20). The van der Waals surface area contributed by atoms with Gasteiger partial charge in [0.05, 0.1) is 0 Å². The van der Waals surface area contributed by atoms with Crippen molar-refractivity contribution in [3.8, 4) is 0 Å². The van der Waals surface area contributed by atoms with Crippen LogP contribution in [0.1, 0.15) is 30.1 Å². The lowest BCUT2D eigenvalue weighted by atomic mass is 10.1. The Labute approximate surface area is 128 Å². The highest BCUT2D eigenvalue weighted by Crippen LogP contribution is 2.11. The van der Waals surface area contributed by atoms with Gasteiger partial charge in [-0.15, -0.1) is 0 Å². The first-order valence-electron chi connectivity index (χ1n) is 6.88. The fraction of sp³-hybridized carbons (Fsp3) is 0.400. The molecule has 1 aromatic rings. The number of amides is 2. The summed E-state index contributed by atoms with van der Waals surface area (Å²) >= 11 is 5.73. The molecule has 1 aromatic carbocycles. The third kappa shape index (κ3) is 3.82. The maximum atomic E-state index is 12.1. The molecule has 21 heavy (non-hydrogen) atoms. The number of ketones is 1. The van der Waals surface area contributed by atoms with Gasteiger partial charge in [-0.25, -0.2) is 0 Å². The van der Waals surface area contributed by atoms with Crippen LogP contribution in [0.4, 0.5) is 0 Å². The zero-order chi connectivity index (χ0) is 15.4. The minimum absolute atomic E-state index is 0.148. The average Bonchev–Trinajstić information content (AvgIpc) is 3.00. The van der Waals surface area contributed by atoms with Crippen molar-refractivity contribution in [3.63, 3.8) is 0 Å². The van der Waals surface area contributed by atoms with Crippen molar-refractivity contribution < 1.29 is 14.4 Å². The zero-order valence-corrected chi connectivity index (χ0v) is 12.5. The van der Waals surface area contributed by atoms with Gasteiger partial charge in [-0.3, -0.25) is 14.4 Å². The number of likely N-dealkylation sites (tertiary alicyclic amines) is 1. The lowest BCUT2D eigenvalue weighted by Gasteiger charge is -2.20. The Morgan fingerprint density at radius 3 is 2.29 bits per heavy atom. The van der Waals surface area contributed by atoms with Gasteiger partial charge < -0.3 is 10.2 Å². The smallest absolute Gasteiger partial charge is 0.293 e. The number of carbonyl (C=O) groups excluding carboxylic acids is 3. The van der Waals surface area contributed by atoms with E-state index in [2.05, 4.69) is 5.32 Å². The van der Waals surface area contributed by atoms with E-state index in [0.29, 0.717) is 18.1 Å². The normalized spacial score (nSPS) is 15.6. The molecule has 0 aliphatic carbocycles. The van der Waals surface area contributed by atoms with Gasteiger partial charge in [0.2, 0.25) is 11.7 Å². The quantitative estimate of drug-likeness (QED) is 0.679. The molecule has 1 fully saturated rings. The van der Waals surface area contributed by atoms with E-state index in [1.165, 1.54) is 12.1 Å². The van der Waals surface area contributed by atoms with Crippen LogP contribution in [0.2, 0.25) is 5.02 Å². The summed E-state index contributed by atoms with van der Waals surface area (Å²) in [5, 5.41) is 2.95. The third-order valence-corrected chi connectivity index (χ3v) is 3.70. The van der Waals surface area contributed by atoms with Crippen LogP contribution in [-0.2, 0) is 9.59 Å². The molecule has 1 saturated heterocycles. The van der Waals surface area contributed by atoms with Crippen LogP contribution < -0.4 is 5.32 Å². The predicted octanol–water partition coefficient (Wildman–Crippen LogP) is 1.65. The van der Waals surface area contributed by atoms with Crippen LogP contribution in [0.25, 0.3) is 0 Å². The van der Waals surface area contributed by atoms with E-state index in [1.54, 1.807) is 24.0 Å². The lowest BCUT2D eigenvalue weighted by Crippen LogP contribution is -2.47. The number of hydrogen-bond acceptors (Lipinski definition) is 3. The van der Waals surface area contributed by atoms with Gasteiger partial charge in [-0.05, 0) is 44.0 Å². The zero-order valence-electron chi connectivity index (χ0n) is 11.8. The topological polar surface area (TPSA) is 66.5 Å².